The molecule has 2 N–H and O–H groups in total. The molecule has 0 saturated carbocycles. The number of hydrogen-bond donors (Lipinski definition) is 2. The van der Waals surface area contributed by atoms with E-state index < -0.39 is 12.1 Å². The second-order valence-electron chi connectivity index (χ2n) is 5.48. The van der Waals surface area contributed by atoms with E-state index in [-0.39, 0.29) is 5.91 Å². The number of aliphatic carboxylic acids is 1. The Morgan fingerprint density at radius 2 is 1.88 bits per heavy atom. The number of nitrogens with one attached hydrogen (secondary N) is 1. The monoisotopic (exact) mass is 368 g/mol. The van der Waals surface area contributed by atoms with Crippen LogP contribution in [0.4, 0.5) is 5.69 Å². The lowest BCUT2D eigenvalue weighted by Crippen LogP contribution is -2.22. The minimum atomic E-state index is -1.03. The molecular formula is C19H16N2O4S. The first-order valence-electron chi connectivity index (χ1n) is 7.85. The number of amidine groups is 1. The van der Waals surface area contributed by atoms with Crippen LogP contribution in [0.5, 0.6) is 5.75 Å². The molecule has 26 heavy (non-hydrogen) atoms. The Morgan fingerprint density at radius 3 is 2.54 bits per heavy atom. The van der Waals surface area contributed by atoms with Crippen molar-refractivity contribution in [3.63, 3.8) is 0 Å². The predicted octanol–water partition coefficient (Wildman–Crippen LogP) is 3.43. The van der Waals surface area contributed by atoms with Crippen molar-refractivity contribution in [1.82, 2.24) is 5.32 Å². The van der Waals surface area contributed by atoms with Crippen LogP contribution in [0.25, 0.3) is 6.08 Å². The van der Waals surface area contributed by atoms with Crippen LogP contribution in [0.1, 0.15) is 12.5 Å². The topological polar surface area (TPSA) is 88.0 Å². The average molecular weight is 368 g/mol. The normalized spacial score (nSPS) is 18.0. The minimum Gasteiger partial charge on any atom is -0.479 e. The first kappa shape index (κ1) is 17.8. The van der Waals surface area contributed by atoms with Gasteiger partial charge in [-0.3, -0.25) is 4.79 Å². The van der Waals surface area contributed by atoms with Gasteiger partial charge in [0.05, 0.1) is 10.6 Å². The number of hydrogen-bond acceptors (Lipinski definition) is 5. The number of carboxylic acids is 1. The maximum absolute atomic E-state index is 12.1. The second-order valence-corrected chi connectivity index (χ2v) is 6.52. The lowest BCUT2D eigenvalue weighted by atomic mass is 10.2. The standard InChI is InChI=1S/C19H16N2O4S/c1-12(18(23)24)25-15-9-7-13(8-10-15)11-16-17(22)21-19(26-16)20-14-5-3-2-4-6-14/h2-12H,1H3,(H,23,24)(H,20,21,22)/b16-11+. The number of carbonyl (C=O) groups excluding carboxylic acids is 1. The summed E-state index contributed by atoms with van der Waals surface area (Å²) in [6, 6.07) is 16.2. The van der Waals surface area contributed by atoms with Crippen LogP contribution in [-0.4, -0.2) is 28.3 Å². The summed E-state index contributed by atoms with van der Waals surface area (Å²) < 4.78 is 5.28. The van der Waals surface area contributed by atoms with Gasteiger partial charge in [0, 0.05) is 0 Å². The van der Waals surface area contributed by atoms with E-state index in [4.69, 9.17) is 9.84 Å². The number of aliphatic imine (C=N–C) groups is 1. The zero-order valence-electron chi connectivity index (χ0n) is 13.9. The number of nitrogens with zero attached hydrogens (tertiary/aromatic N) is 1. The number of thioether (sulfide) groups is 1. The quantitative estimate of drug-likeness (QED) is 0.790. The zero-order chi connectivity index (χ0) is 18.5. The smallest absolute Gasteiger partial charge is 0.344 e. The van der Waals surface area contributed by atoms with E-state index >= 15 is 0 Å². The van der Waals surface area contributed by atoms with Crippen molar-refractivity contribution in [2.24, 2.45) is 4.99 Å². The lowest BCUT2D eigenvalue weighted by molar-refractivity contribution is -0.144. The van der Waals surface area contributed by atoms with E-state index in [0.717, 1.165) is 11.3 Å². The molecule has 0 bridgehead atoms. The minimum absolute atomic E-state index is 0.204. The molecule has 7 heteroatoms. The van der Waals surface area contributed by atoms with Crippen molar-refractivity contribution in [2.75, 3.05) is 0 Å². The number of amides is 1. The molecule has 1 aliphatic rings. The zero-order valence-corrected chi connectivity index (χ0v) is 14.7. The van der Waals surface area contributed by atoms with Gasteiger partial charge in [-0.25, -0.2) is 9.79 Å². The van der Waals surface area contributed by atoms with E-state index in [1.807, 2.05) is 30.3 Å². The fourth-order valence-electron chi connectivity index (χ4n) is 2.15. The van der Waals surface area contributed by atoms with Gasteiger partial charge in [0.25, 0.3) is 5.91 Å². The van der Waals surface area contributed by atoms with E-state index in [9.17, 15) is 9.59 Å². The van der Waals surface area contributed by atoms with Gasteiger partial charge in [-0.15, -0.1) is 0 Å². The molecule has 1 fully saturated rings. The summed E-state index contributed by atoms with van der Waals surface area (Å²) >= 11 is 1.27. The molecule has 0 radical (unpaired) electrons. The molecule has 0 spiro atoms. The van der Waals surface area contributed by atoms with Gasteiger partial charge in [0.1, 0.15) is 5.75 Å². The molecule has 1 amide bonds. The molecule has 2 aromatic carbocycles. The molecule has 1 unspecified atom stereocenters. The van der Waals surface area contributed by atoms with Crippen LogP contribution >= 0.6 is 11.8 Å². The van der Waals surface area contributed by atoms with Crippen LogP contribution in [0.15, 0.2) is 64.5 Å². The van der Waals surface area contributed by atoms with Crippen molar-refractivity contribution in [3.05, 3.63) is 65.1 Å². The van der Waals surface area contributed by atoms with E-state index in [0.29, 0.717) is 15.8 Å². The number of carboxylic acid groups (broad SMARTS) is 1. The van der Waals surface area contributed by atoms with Crippen LogP contribution in [-0.2, 0) is 9.59 Å². The van der Waals surface area contributed by atoms with Crippen molar-refractivity contribution < 1.29 is 19.4 Å². The highest BCUT2D eigenvalue weighted by atomic mass is 32.2. The number of para-hydroxylation sites is 1. The van der Waals surface area contributed by atoms with E-state index in [1.54, 1.807) is 30.3 Å². The van der Waals surface area contributed by atoms with Crippen molar-refractivity contribution in [3.8, 4) is 5.75 Å². The third-order valence-corrected chi connectivity index (χ3v) is 4.39. The molecule has 1 heterocycles. The van der Waals surface area contributed by atoms with Gasteiger partial charge in [-0.05, 0) is 54.6 Å². The summed E-state index contributed by atoms with van der Waals surface area (Å²) in [4.78, 5) is 27.8. The Bertz CT molecular complexity index is 876. The predicted molar refractivity (Wildman–Crippen MR) is 101 cm³/mol. The van der Waals surface area contributed by atoms with Gasteiger partial charge in [0.2, 0.25) is 0 Å². The number of ether oxygens (including phenoxy) is 1. The summed E-state index contributed by atoms with van der Waals surface area (Å²) in [6.45, 7) is 1.46. The Balaban J connectivity index is 1.71. The van der Waals surface area contributed by atoms with Gasteiger partial charge < -0.3 is 15.2 Å². The van der Waals surface area contributed by atoms with E-state index in [1.165, 1.54) is 18.7 Å². The van der Waals surface area contributed by atoms with Crippen LogP contribution < -0.4 is 10.1 Å². The summed E-state index contributed by atoms with van der Waals surface area (Å²) in [7, 11) is 0. The fraction of sp³-hybridized carbons (Fsp3) is 0.105. The highest BCUT2D eigenvalue weighted by Gasteiger charge is 2.23. The van der Waals surface area contributed by atoms with Crippen LogP contribution in [0.3, 0.4) is 0 Å². The summed E-state index contributed by atoms with van der Waals surface area (Å²) in [5.74, 6) is -0.776. The molecule has 3 rings (SSSR count). The summed E-state index contributed by atoms with van der Waals surface area (Å²) in [6.07, 6.45) is 0.824. The molecule has 2 aromatic rings. The molecule has 6 nitrogen and oxygen atoms in total. The maximum Gasteiger partial charge on any atom is 0.344 e. The van der Waals surface area contributed by atoms with Gasteiger partial charge in [-0.2, -0.15) is 0 Å². The van der Waals surface area contributed by atoms with Gasteiger partial charge in [0.15, 0.2) is 11.3 Å². The first-order valence-corrected chi connectivity index (χ1v) is 8.67. The van der Waals surface area contributed by atoms with E-state index in [2.05, 4.69) is 10.3 Å². The molecule has 1 saturated heterocycles. The number of rotatable bonds is 5. The fourth-order valence-corrected chi connectivity index (χ4v) is 2.99. The van der Waals surface area contributed by atoms with Crippen molar-refractivity contribution >= 4 is 40.6 Å². The highest BCUT2D eigenvalue weighted by molar-refractivity contribution is 8.18. The second kappa shape index (κ2) is 7.88. The molecule has 0 aliphatic carbocycles. The Hall–Kier alpha value is -3.06. The van der Waals surface area contributed by atoms with Crippen LogP contribution in [0.2, 0.25) is 0 Å². The van der Waals surface area contributed by atoms with Gasteiger partial charge >= 0.3 is 5.97 Å². The molecule has 1 atom stereocenters. The Kier molecular flexibility index (Phi) is 5.38. The largest absolute Gasteiger partial charge is 0.479 e. The summed E-state index contributed by atoms with van der Waals surface area (Å²) in [5.41, 5.74) is 1.57. The number of benzene rings is 2. The highest BCUT2D eigenvalue weighted by Crippen LogP contribution is 2.28. The van der Waals surface area contributed by atoms with Crippen molar-refractivity contribution in [1.29, 1.82) is 0 Å². The molecule has 1 aliphatic heterocycles. The lowest BCUT2D eigenvalue weighted by Gasteiger charge is -2.10. The van der Waals surface area contributed by atoms with Crippen molar-refractivity contribution in [2.45, 2.75) is 13.0 Å². The third-order valence-electron chi connectivity index (χ3n) is 3.48. The summed E-state index contributed by atoms with van der Waals surface area (Å²) in [5, 5.41) is 12.1. The number of carbonyl (C=O) groups is 2. The molecule has 132 valence electrons. The average Bonchev–Trinajstić information content (AvgIpc) is 2.96. The van der Waals surface area contributed by atoms with Gasteiger partial charge in [-0.1, -0.05) is 30.3 Å². The molecular weight excluding hydrogens is 352 g/mol. The third kappa shape index (κ3) is 4.52. The first-order chi connectivity index (χ1) is 12.5. The SMILES string of the molecule is CC(Oc1ccc(/C=C2/SC(=Nc3ccccc3)NC2=O)cc1)C(=O)O. The molecule has 0 aromatic heterocycles. The van der Waals surface area contributed by atoms with Crippen LogP contribution in [0, 0.1) is 0 Å². The Morgan fingerprint density at radius 1 is 1.19 bits per heavy atom. The Labute approximate surface area is 154 Å². The maximum atomic E-state index is 12.1.